The van der Waals surface area contributed by atoms with Crippen LogP contribution in [-0.2, 0) is 16.1 Å². The van der Waals surface area contributed by atoms with Crippen LogP contribution in [0.3, 0.4) is 0 Å². The molecule has 0 saturated carbocycles. The van der Waals surface area contributed by atoms with E-state index >= 15 is 0 Å². The normalized spacial score (nSPS) is 15.2. The lowest BCUT2D eigenvalue weighted by Crippen LogP contribution is -2.45. The summed E-state index contributed by atoms with van der Waals surface area (Å²) < 4.78 is 22.7. The van der Waals surface area contributed by atoms with Crippen molar-refractivity contribution in [3.63, 3.8) is 0 Å². The van der Waals surface area contributed by atoms with Crippen molar-refractivity contribution in [2.45, 2.75) is 32.7 Å². The van der Waals surface area contributed by atoms with Crippen LogP contribution in [0.4, 0.5) is 4.79 Å². The highest BCUT2D eigenvalue weighted by atomic mass is 35.5. The molecule has 0 fully saturated rings. The number of esters is 1. The van der Waals surface area contributed by atoms with E-state index in [0.717, 1.165) is 21.9 Å². The molecular formula is C35H35ClN4O7. The third-order valence-corrected chi connectivity index (χ3v) is 7.73. The summed E-state index contributed by atoms with van der Waals surface area (Å²) in [5.74, 6) is 0.749. The molecule has 0 radical (unpaired) electrons. The predicted molar refractivity (Wildman–Crippen MR) is 179 cm³/mol. The second kappa shape index (κ2) is 15.4. The number of urea groups is 1. The minimum Gasteiger partial charge on any atom is -0.490 e. The smallest absolute Gasteiger partial charge is 0.337 e. The summed E-state index contributed by atoms with van der Waals surface area (Å²) in [6, 6.07) is 23.0. The summed E-state index contributed by atoms with van der Waals surface area (Å²) in [6.07, 6.45) is 0.415. The van der Waals surface area contributed by atoms with Gasteiger partial charge in [0.15, 0.2) is 17.7 Å². The Labute approximate surface area is 277 Å². The van der Waals surface area contributed by atoms with Crippen molar-refractivity contribution < 1.29 is 33.6 Å². The molecule has 0 aromatic heterocycles. The number of aliphatic hydroxyl groups is 1. The van der Waals surface area contributed by atoms with Crippen LogP contribution < -0.4 is 30.3 Å². The minimum absolute atomic E-state index is 0.168. The number of nitrogens with zero attached hydrogens (tertiary/aromatic N) is 1. The van der Waals surface area contributed by atoms with Crippen LogP contribution in [0, 0.1) is 0 Å². The molecule has 0 spiro atoms. The molecule has 47 heavy (non-hydrogen) atoms. The van der Waals surface area contributed by atoms with Crippen molar-refractivity contribution in [3.8, 4) is 17.2 Å². The van der Waals surface area contributed by atoms with Gasteiger partial charge in [-0.15, -0.1) is 0 Å². The molecule has 2 amide bonds. The van der Waals surface area contributed by atoms with E-state index in [1.165, 1.54) is 7.11 Å². The Morgan fingerprint density at radius 3 is 2.57 bits per heavy atom. The SMILES string of the molecule is CCOc1cc([C@H]2NC(=O)NC(C)=C2C(=O)OC)ccc1OC[C@H](O)N/N=C/c1c(OCc2ccccc2Cl)ccc2ccccc12. The Balaban J connectivity index is 1.28. The molecule has 244 valence electrons. The van der Waals surface area contributed by atoms with Crippen LogP contribution in [0.2, 0.25) is 5.02 Å². The van der Waals surface area contributed by atoms with Crippen LogP contribution in [0.1, 0.15) is 36.6 Å². The van der Waals surface area contributed by atoms with Crippen LogP contribution in [0.15, 0.2) is 95.2 Å². The molecule has 5 rings (SSSR count). The van der Waals surface area contributed by atoms with E-state index in [4.69, 9.17) is 30.5 Å². The van der Waals surface area contributed by atoms with E-state index < -0.39 is 24.3 Å². The molecule has 4 aromatic carbocycles. The first-order valence-corrected chi connectivity index (χ1v) is 15.3. The number of rotatable bonds is 13. The summed E-state index contributed by atoms with van der Waals surface area (Å²) in [5, 5.41) is 22.8. The van der Waals surface area contributed by atoms with Gasteiger partial charge in [0.2, 0.25) is 0 Å². The van der Waals surface area contributed by atoms with Crippen LogP contribution >= 0.6 is 11.6 Å². The Bertz CT molecular complexity index is 1830. The van der Waals surface area contributed by atoms with Crippen molar-refractivity contribution in [1.29, 1.82) is 0 Å². The van der Waals surface area contributed by atoms with Gasteiger partial charge in [-0.05, 0) is 54.4 Å². The van der Waals surface area contributed by atoms with E-state index in [9.17, 15) is 14.7 Å². The fourth-order valence-electron chi connectivity index (χ4n) is 5.12. The molecule has 0 unspecified atom stereocenters. The number of halogens is 1. The summed E-state index contributed by atoms with van der Waals surface area (Å²) in [6.45, 7) is 3.88. The minimum atomic E-state index is -1.18. The van der Waals surface area contributed by atoms with Gasteiger partial charge in [-0.1, -0.05) is 66.2 Å². The van der Waals surface area contributed by atoms with Gasteiger partial charge in [0.05, 0.1) is 31.5 Å². The maximum atomic E-state index is 12.5. The zero-order chi connectivity index (χ0) is 33.3. The molecule has 11 nitrogen and oxygen atoms in total. The molecule has 1 aliphatic heterocycles. The molecule has 4 N–H and O–H groups in total. The number of hydrogen-bond donors (Lipinski definition) is 4. The first-order valence-electron chi connectivity index (χ1n) is 14.9. The molecule has 0 aliphatic carbocycles. The number of fused-ring (bicyclic) bond motifs is 1. The van der Waals surface area contributed by atoms with Crippen molar-refractivity contribution in [3.05, 3.63) is 112 Å². The Morgan fingerprint density at radius 1 is 1.02 bits per heavy atom. The van der Waals surface area contributed by atoms with Gasteiger partial charge in [-0.2, -0.15) is 5.10 Å². The largest absolute Gasteiger partial charge is 0.490 e. The number of carbonyl (C=O) groups is 2. The van der Waals surface area contributed by atoms with Gasteiger partial charge < -0.3 is 34.7 Å². The molecule has 2 atom stereocenters. The third-order valence-electron chi connectivity index (χ3n) is 7.36. The van der Waals surface area contributed by atoms with Gasteiger partial charge in [-0.3, -0.25) is 5.43 Å². The van der Waals surface area contributed by atoms with E-state index in [1.54, 1.807) is 31.3 Å². The molecular weight excluding hydrogens is 624 g/mol. The fourth-order valence-corrected chi connectivity index (χ4v) is 5.31. The monoisotopic (exact) mass is 658 g/mol. The number of allylic oxidation sites excluding steroid dienone is 1. The lowest BCUT2D eigenvalue weighted by Gasteiger charge is -2.28. The zero-order valence-electron chi connectivity index (χ0n) is 26.1. The Hall–Kier alpha value is -5.26. The van der Waals surface area contributed by atoms with Crippen molar-refractivity contribution in [1.82, 2.24) is 16.1 Å². The van der Waals surface area contributed by atoms with E-state index in [-0.39, 0.29) is 18.8 Å². The van der Waals surface area contributed by atoms with Crippen LogP contribution in [0.25, 0.3) is 10.8 Å². The summed E-state index contributed by atoms with van der Waals surface area (Å²) in [4.78, 5) is 24.7. The number of benzene rings is 4. The number of amides is 2. The standard InChI is InChI=1S/C35H35ClN4O7/c1-4-45-30-17-23(33-32(34(42)44-3)21(2)38-35(43)39-33)14-16-29(30)47-20-31(41)40-37-18-26-25-11-7-5-9-22(25)13-15-28(26)46-19-24-10-6-8-12-27(24)36/h5-18,31,33,40-41H,4,19-20H2,1-3H3,(H2,38,39,43)/b37-18+/t31-,33+/m0/s1. The van der Waals surface area contributed by atoms with E-state index in [0.29, 0.717) is 40.1 Å². The van der Waals surface area contributed by atoms with Gasteiger partial charge in [0.25, 0.3) is 0 Å². The van der Waals surface area contributed by atoms with Gasteiger partial charge >= 0.3 is 12.0 Å². The van der Waals surface area contributed by atoms with Gasteiger partial charge in [0.1, 0.15) is 19.0 Å². The highest BCUT2D eigenvalue weighted by Gasteiger charge is 2.32. The molecule has 0 bridgehead atoms. The maximum Gasteiger partial charge on any atom is 0.337 e. The maximum absolute atomic E-state index is 12.5. The zero-order valence-corrected chi connectivity index (χ0v) is 26.8. The van der Waals surface area contributed by atoms with Gasteiger partial charge in [-0.25, -0.2) is 9.59 Å². The third kappa shape index (κ3) is 7.94. The lowest BCUT2D eigenvalue weighted by molar-refractivity contribution is -0.136. The highest BCUT2D eigenvalue weighted by molar-refractivity contribution is 6.31. The second-order valence-electron chi connectivity index (χ2n) is 10.5. The summed E-state index contributed by atoms with van der Waals surface area (Å²) >= 11 is 6.32. The quantitative estimate of drug-likeness (QED) is 0.0631. The number of aliphatic hydroxyl groups excluding tert-OH is 1. The average Bonchev–Trinajstić information content (AvgIpc) is 3.07. The summed E-state index contributed by atoms with van der Waals surface area (Å²) in [7, 11) is 1.28. The number of hydrogen-bond acceptors (Lipinski definition) is 9. The summed E-state index contributed by atoms with van der Waals surface area (Å²) in [5.41, 5.74) is 5.52. The van der Waals surface area contributed by atoms with Crippen molar-refractivity contribution >= 4 is 40.6 Å². The second-order valence-corrected chi connectivity index (χ2v) is 10.9. The van der Waals surface area contributed by atoms with E-state index in [1.807, 2.05) is 67.6 Å². The average molecular weight is 659 g/mol. The number of carbonyl (C=O) groups excluding carboxylic acids is 2. The van der Waals surface area contributed by atoms with Gasteiger partial charge in [0, 0.05) is 21.8 Å². The van der Waals surface area contributed by atoms with Crippen molar-refractivity contribution in [2.75, 3.05) is 20.3 Å². The Kier molecular flexibility index (Phi) is 10.8. The number of hydrazone groups is 1. The molecule has 12 heteroatoms. The van der Waals surface area contributed by atoms with Crippen LogP contribution in [-0.4, -0.2) is 49.9 Å². The first kappa shape index (κ1) is 33.1. The highest BCUT2D eigenvalue weighted by Crippen LogP contribution is 2.35. The topological polar surface area (TPSA) is 140 Å². The Morgan fingerprint density at radius 2 is 1.79 bits per heavy atom. The molecule has 0 saturated heterocycles. The number of methoxy groups -OCH3 is 1. The molecule has 1 aliphatic rings. The lowest BCUT2D eigenvalue weighted by atomic mass is 9.95. The fraction of sp³-hybridized carbons (Fsp3) is 0.229. The van der Waals surface area contributed by atoms with E-state index in [2.05, 4.69) is 21.2 Å². The number of ether oxygens (including phenoxy) is 4. The van der Waals surface area contributed by atoms with Crippen LogP contribution in [0.5, 0.6) is 17.2 Å². The predicted octanol–water partition coefficient (Wildman–Crippen LogP) is 5.59. The van der Waals surface area contributed by atoms with Crippen molar-refractivity contribution in [2.24, 2.45) is 5.10 Å². The molecule has 1 heterocycles. The molecule has 4 aromatic rings. The number of nitrogens with one attached hydrogen (secondary N) is 3. The first-order chi connectivity index (χ1) is 22.8.